The zero-order valence-corrected chi connectivity index (χ0v) is 20.8. The highest BCUT2D eigenvalue weighted by Gasteiger charge is 2.30. The van der Waals surface area contributed by atoms with Gasteiger partial charge in [-0.2, -0.15) is 10.2 Å². The summed E-state index contributed by atoms with van der Waals surface area (Å²) < 4.78 is 16.0. The molecule has 6 rings (SSSR count). The first-order valence-electron chi connectivity index (χ1n) is 12.4. The third-order valence-corrected chi connectivity index (χ3v) is 7.19. The fourth-order valence-electron chi connectivity index (χ4n) is 5.17. The van der Waals surface area contributed by atoms with E-state index in [-0.39, 0.29) is 6.04 Å². The van der Waals surface area contributed by atoms with Gasteiger partial charge in [0, 0.05) is 37.6 Å². The van der Waals surface area contributed by atoms with Gasteiger partial charge in [0.2, 0.25) is 11.8 Å². The Labute approximate surface area is 209 Å². The van der Waals surface area contributed by atoms with E-state index in [0.717, 1.165) is 57.8 Å². The number of aromatic amines is 1. The van der Waals surface area contributed by atoms with Gasteiger partial charge < -0.3 is 19.5 Å². The highest BCUT2D eigenvalue weighted by Crippen LogP contribution is 2.34. The Bertz CT molecular complexity index is 1430. The van der Waals surface area contributed by atoms with Crippen LogP contribution in [-0.2, 0) is 7.05 Å². The number of fused-ring (bicyclic) bond motifs is 4. The number of H-pyrrole nitrogens is 1. The van der Waals surface area contributed by atoms with Gasteiger partial charge in [-0.25, -0.2) is 4.68 Å². The summed E-state index contributed by atoms with van der Waals surface area (Å²) in [5.74, 6) is 1.29. The number of hydrogen-bond donors (Lipinski definition) is 2. The summed E-state index contributed by atoms with van der Waals surface area (Å²) >= 11 is 0. The number of likely N-dealkylation sites (N-methyl/N-ethyl adjacent to an activating group) is 1. The molecule has 2 atom stereocenters. The third kappa shape index (κ3) is 3.96. The van der Waals surface area contributed by atoms with Gasteiger partial charge in [0.1, 0.15) is 0 Å². The van der Waals surface area contributed by atoms with Gasteiger partial charge in [-0.3, -0.25) is 9.78 Å². The van der Waals surface area contributed by atoms with Crippen molar-refractivity contribution in [3.63, 3.8) is 0 Å². The Kier molecular flexibility index (Phi) is 5.77. The van der Waals surface area contributed by atoms with Crippen molar-refractivity contribution in [2.45, 2.75) is 31.9 Å². The molecule has 5 heterocycles. The van der Waals surface area contributed by atoms with E-state index in [1.54, 1.807) is 4.68 Å². The molecule has 0 spiro atoms. The van der Waals surface area contributed by atoms with Crippen LogP contribution in [-0.4, -0.2) is 79.2 Å². The molecule has 36 heavy (non-hydrogen) atoms. The number of aromatic nitrogens is 6. The van der Waals surface area contributed by atoms with E-state index >= 15 is 0 Å². The maximum Gasteiger partial charge on any atom is 0.240 e. The van der Waals surface area contributed by atoms with E-state index in [4.69, 9.17) is 14.6 Å². The van der Waals surface area contributed by atoms with Crippen LogP contribution in [0.3, 0.4) is 0 Å². The summed E-state index contributed by atoms with van der Waals surface area (Å²) in [5.41, 5.74) is 5.62. The highest BCUT2D eigenvalue weighted by molar-refractivity contribution is 5.93. The Morgan fingerprint density at radius 3 is 2.86 bits per heavy atom. The lowest BCUT2D eigenvalue weighted by molar-refractivity contribution is 0.0318. The summed E-state index contributed by atoms with van der Waals surface area (Å²) in [6.45, 7) is 4.53. The van der Waals surface area contributed by atoms with Gasteiger partial charge in [0.25, 0.3) is 0 Å². The summed E-state index contributed by atoms with van der Waals surface area (Å²) in [6, 6.07) is 6.08. The second kappa shape index (κ2) is 9.11. The molecule has 10 heteroatoms. The van der Waals surface area contributed by atoms with Crippen LogP contribution in [0, 0.1) is 6.92 Å². The number of likely N-dealkylation sites (tertiary alicyclic amines) is 1. The molecular weight excluding hydrogens is 458 g/mol. The lowest BCUT2D eigenvalue weighted by Gasteiger charge is -2.34. The number of hydrogen-bond acceptors (Lipinski definition) is 7. The van der Waals surface area contributed by atoms with E-state index in [9.17, 15) is 5.11 Å². The van der Waals surface area contributed by atoms with Crippen molar-refractivity contribution in [1.82, 2.24) is 34.7 Å². The molecule has 0 unspecified atom stereocenters. The van der Waals surface area contributed by atoms with Gasteiger partial charge in [0.05, 0.1) is 53.9 Å². The van der Waals surface area contributed by atoms with Crippen LogP contribution < -0.4 is 9.47 Å². The quantitative estimate of drug-likeness (QED) is 0.423. The molecule has 2 aliphatic heterocycles. The average Bonchev–Trinajstić information content (AvgIpc) is 3.52. The average molecular weight is 490 g/mol. The van der Waals surface area contributed by atoms with Crippen LogP contribution >= 0.6 is 0 Å². The van der Waals surface area contributed by atoms with E-state index < -0.39 is 6.10 Å². The van der Waals surface area contributed by atoms with Gasteiger partial charge in [-0.05, 0) is 50.2 Å². The summed E-state index contributed by atoms with van der Waals surface area (Å²) in [7, 11) is 3.91. The zero-order valence-electron chi connectivity index (χ0n) is 20.8. The molecule has 4 aromatic rings. The standard InChI is InChI=1S/C26H31N7O3/c1-16-18-6-8-22-19-13-17(5-7-21(19)28-29-22)20-14-27-32(3)26(20)36-12-4-11-35-25(18)30-33(16)23-9-10-31(2)15-24(23)34/h5-8,13-14,23-24,34H,4,9-12,15H2,1-3H3,(H,28,29)/b8-6+/t23-,24-/m0/s1. The lowest BCUT2D eigenvalue weighted by atomic mass is 10.0. The molecule has 2 bridgehead atoms. The molecule has 2 aliphatic rings. The smallest absolute Gasteiger partial charge is 0.240 e. The van der Waals surface area contributed by atoms with Crippen molar-refractivity contribution in [3.8, 4) is 22.9 Å². The summed E-state index contributed by atoms with van der Waals surface area (Å²) in [4.78, 5) is 2.15. The van der Waals surface area contributed by atoms with E-state index in [1.165, 1.54) is 0 Å². The van der Waals surface area contributed by atoms with Crippen LogP contribution in [0.5, 0.6) is 11.8 Å². The van der Waals surface area contributed by atoms with Crippen molar-refractivity contribution in [3.05, 3.63) is 41.3 Å². The SMILES string of the molecule is Cc1c2c(nn1[C@H]1CCN(C)C[C@@H]1O)OCCCOc1c(cnn1C)-c1ccc3n[nH]c(c3c1)/C=C/2. The zero-order chi connectivity index (χ0) is 24.8. The van der Waals surface area contributed by atoms with Crippen molar-refractivity contribution in [2.24, 2.45) is 7.05 Å². The van der Waals surface area contributed by atoms with Crippen LogP contribution in [0.25, 0.3) is 34.2 Å². The largest absolute Gasteiger partial charge is 0.477 e. The number of β-amino-alcohol motifs (C(OH)–C–C–N with tert-alkyl or cyclic N) is 1. The van der Waals surface area contributed by atoms with Crippen LogP contribution in [0.4, 0.5) is 0 Å². The van der Waals surface area contributed by atoms with Gasteiger partial charge in [-0.15, -0.1) is 5.10 Å². The summed E-state index contributed by atoms with van der Waals surface area (Å²) in [5, 5.41) is 28.7. The molecule has 0 aliphatic carbocycles. The number of benzene rings is 1. The first-order chi connectivity index (χ1) is 17.5. The van der Waals surface area contributed by atoms with Crippen molar-refractivity contribution >= 4 is 23.1 Å². The van der Waals surface area contributed by atoms with Crippen LogP contribution in [0.1, 0.15) is 35.8 Å². The van der Waals surface area contributed by atoms with E-state index in [2.05, 4.69) is 26.3 Å². The number of piperidine rings is 1. The van der Waals surface area contributed by atoms with Crippen molar-refractivity contribution in [1.29, 1.82) is 0 Å². The van der Waals surface area contributed by atoms with Gasteiger partial charge in [-0.1, -0.05) is 6.07 Å². The molecule has 3 aromatic heterocycles. The van der Waals surface area contributed by atoms with E-state index in [0.29, 0.717) is 32.1 Å². The Balaban J connectivity index is 1.43. The number of aliphatic hydroxyl groups excluding tert-OH is 1. The number of nitrogens with one attached hydrogen (secondary N) is 1. The number of aliphatic hydroxyl groups is 1. The fourth-order valence-corrected chi connectivity index (χ4v) is 5.17. The van der Waals surface area contributed by atoms with Crippen molar-refractivity contribution in [2.75, 3.05) is 33.4 Å². The van der Waals surface area contributed by atoms with Gasteiger partial charge in [0.15, 0.2) is 0 Å². The molecule has 2 N–H and O–H groups in total. The molecule has 0 saturated carbocycles. The normalized spacial score (nSPS) is 21.8. The Hall–Kier alpha value is -3.63. The molecule has 1 saturated heterocycles. The minimum atomic E-state index is -0.485. The first-order valence-corrected chi connectivity index (χ1v) is 12.4. The monoisotopic (exact) mass is 489 g/mol. The molecular formula is C26H31N7O3. The number of nitrogens with zero attached hydrogens (tertiary/aromatic N) is 6. The number of ether oxygens (including phenoxy) is 2. The van der Waals surface area contributed by atoms with Crippen LogP contribution in [0.2, 0.25) is 0 Å². The van der Waals surface area contributed by atoms with E-state index in [1.807, 2.05) is 56.2 Å². The third-order valence-electron chi connectivity index (χ3n) is 7.19. The molecule has 1 fully saturated rings. The Morgan fingerprint density at radius 2 is 2.00 bits per heavy atom. The maximum atomic E-state index is 10.8. The predicted molar refractivity (Wildman–Crippen MR) is 137 cm³/mol. The maximum absolute atomic E-state index is 10.8. The molecule has 1 aromatic carbocycles. The second-order valence-electron chi connectivity index (χ2n) is 9.67. The number of aryl methyl sites for hydroxylation is 1. The minimum Gasteiger partial charge on any atom is -0.477 e. The summed E-state index contributed by atoms with van der Waals surface area (Å²) in [6.07, 6.45) is 6.92. The fraction of sp³-hybridized carbons (Fsp3) is 0.423. The topological polar surface area (TPSA) is 106 Å². The molecule has 0 radical (unpaired) electrons. The Morgan fingerprint density at radius 1 is 1.14 bits per heavy atom. The highest BCUT2D eigenvalue weighted by atomic mass is 16.5. The van der Waals surface area contributed by atoms with Crippen LogP contribution in [0.15, 0.2) is 24.4 Å². The van der Waals surface area contributed by atoms with Crippen molar-refractivity contribution < 1.29 is 14.6 Å². The molecule has 188 valence electrons. The minimum absolute atomic E-state index is 0.0848. The molecule has 0 amide bonds. The predicted octanol–water partition coefficient (Wildman–Crippen LogP) is 3.04. The second-order valence-corrected chi connectivity index (χ2v) is 9.67. The van der Waals surface area contributed by atoms with Gasteiger partial charge >= 0.3 is 0 Å². The molecule has 10 nitrogen and oxygen atoms in total. The first kappa shape index (κ1) is 22.8. The lowest BCUT2D eigenvalue weighted by Crippen LogP contribution is -2.43. The number of rotatable bonds is 1.